The zero-order chi connectivity index (χ0) is 16.2. The van der Waals surface area contributed by atoms with Crippen molar-refractivity contribution in [2.24, 2.45) is 0 Å². The molecule has 0 aliphatic carbocycles. The summed E-state index contributed by atoms with van der Waals surface area (Å²) in [6, 6.07) is -1.17. The van der Waals surface area contributed by atoms with Gasteiger partial charge in [-0.05, 0) is 0 Å². The first kappa shape index (κ1) is 17.3. The number of aliphatic hydroxyl groups is 2. The SMILES string of the molecule is CC(=O)NC1C(O)[C@H](OC(C)=O)C(COC(C)=O)O[C@H]1O. The Balaban J connectivity index is 2.86. The van der Waals surface area contributed by atoms with E-state index in [1.54, 1.807) is 0 Å². The highest BCUT2D eigenvalue weighted by atomic mass is 16.7. The quantitative estimate of drug-likeness (QED) is 0.511. The minimum absolute atomic E-state index is 0.311. The summed E-state index contributed by atoms with van der Waals surface area (Å²) < 4.78 is 14.8. The van der Waals surface area contributed by atoms with E-state index in [1.807, 2.05) is 0 Å². The molecule has 9 nitrogen and oxygen atoms in total. The van der Waals surface area contributed by atoms with Gasteiger partial charge in [-0.25, -0.2) is 0 Å². The van der Waals surface area contributed by atoms with E-state index in [-0.39, 0.29) is 6.61 Å². The highest BCUT2D eigenvalue weighted by molar-refractivity contribution is 5.73. The first-order valence-electron chi connectivity index (χ1n) is 6.31. The summed E-state index contributed by atoms with van der Waals surface area (Å²) in [7, 11) is 0. The fourth-order valence-corrected chi connectivity index (χ4v) is 2.00. The van der Waals surface area contributed by atoms with Crippen molar-refractivity contribution in [2.45, 2.75) is 51.4 Å². The zero-order valence-corrected chi connectivity index (χ0v) is 11.9. The molecule has 120 valence electrons. The maximum absolute atomic E-state index is 11.1. The molecule has 3 unspecified atom stereocenters. The molecule has 1 heterocycles. The van der Waals surface area contributed by atoms with Crippen molar-refractivity contribution < 1.29 is 38.8 Å². The van der Waals surface area contributed by atoms with Crippen LogP contribution in [0.15, 0.2) is 0 Å². The third-order valence-electron chi connectivity index (χ3n) is 2.82. The Kier molecular flexibility index (Phi) is 6.06. The van der Waals surface area contributed by atoms with Gasteiger partial charge in [0.1, 0.15) is 24.9 Å². The standard InChI is InChI=1S/C12H19NO8/c1-5(14)13-9-10(17)11(20-7(3)16)8(21-12(9)18)4-19-6(2)15/h8-12,17-18H,4H2,1-3H3,(H,13,14)/t8?,9?,10?,11-,12-/m1/s1. The third-order valence-corrected chi connectivity index (χ3v) is 2.82. The minimum atomic E-state index is -1.53. The van der Waals surface area contributed by atoms with Crippen molar-refractivity contribution >= 4 is 17.8 Å². The molecule has 1 aliphatic rings. The summed E-state index contributed by atoms with van der Waals surface area (Å²) in [6.07, 6.45) is -5.19. The number of hydrogen-bond donors (Lipinski definition) is 3. The molecule has 3 N–H and O–H groups in total. The van der Waals surface area contributed by atoms with Crippen molar-refractivity contribution in [3.8, 4) is 0 Å². The molecule has 21 heavy (non-hydrogen) atoms. The number of rotatable bonds is 4. The highest BCUT2D eigenvalue weighted by Gasteiger charge is 2.47. The van der Waals surface area contributed by atoms with Crippen LogP contribution in [-0.2, 0) is 28.6 Å². The Bertz CT molecular complexity index is 410. The number of carbonyl (C=O) groups is 3. The minimum Gasteiger partial charge on any atom is -0.463 e. The van der Waals surface area contributed by atoms with E-state index < -0.39 is 48.5 Å². The smallest absolute Gasteiger partial charge is 0.303 e. The molecule has 1 rings (SSSR count). The monoisotopic (exact) mass is 305 g/mol. The molecular weight excluding hydrogens is 286 g/mol. The van der Waals surface area contributed by atoms with Crippen LogP contribution in [0.2, 0.25) is 0 Å². The predicted molar refractivity (Wildman–Crippen MR) is 66.7 cm³/mol. The molecule has 1 fully saturated rings. The van der Waals surface area contributed by atoms with Crippen molar-refractivity contribution in [1.29, 1.82) is 0 Å². The van der Waals surface area contributed by atoms with E-state index in [0.717, 1.165) is 6.92 Å². The summed E-state index contributed by atoms with van der Waals surface area (Å²) in [5.41, 5.74) is 0. The van der Waals surface area contributed by atoms with Crippen LogP contribution in [0.1, 0.15) is 20.8 Å². The summed E-state index contributed by atoms with van der Waals surface area (Å²) in [5, 5.41) is 22.3. The van der Waals surface area contributed by atoms with Gasteiger partial charge in [-0.2, -0.15) is 0 Å². The third kappa shape index (κ3) is 4.96. The second-order valence-electron chi connectivity index (χ2n) is 4.66. The Morgan fingerprint density at radius 3 is 2.24 bits per heavy atom. The molecule has 0 spiro atoms. The van der Waals surface area contributed by atoms with E-state index >= 15 is 0 Å². The number of ether oxygens (including phenoxy) is 3. The van der Waals surface area contributed by atoms with Crippen LogP contribution in [-0.4, -0.2) is 65.3 Å². The van der Waals surface area contributed by atoms with Gasteiger partial charge < -0.3 is 29.7 Å². The second kappa shape index (κ2) is 7.34. The van der Waals surface area contributed by atoms with E-state index in [4.69, 9.17) is 14.2 Å². The van der Waals surface area contributed by atoms with Crippen LogP contribution >= 0.6 is 0 Å². The molecular formula is C12H19NO8. The molecule has 5 atom stereocenters. The van der Waals surface area contributed by atoms with Crippen molar-refractivity contribution in [1.82, 2.24) is 5.32 Å². The van der Waals surface area contributed by atoms with Crippen molar-refractivity contribution in [3.05, 3.63) is 0 Å². The van der Waals surface area contributed by atoms with Crippen molar-refractivity contribution in [3.63, 3.8) is 0 Å². The Hall–Kier alpha value is -1.71. The van der Waals surface area contributed by atoms with Crippen LogP contribution in [0.4, 0.5) is 0 Å². The molecule has 1 aliphatic heterocycles. The molecule has 0 bridgehead atoms. The Morgan fingerprint density at radius 2 is 1.76 bits per heavy atom. The molecule has 0 aromatic heterocycles. The van der Waals surface area contributed by atoms with Gasteiger partial charge in [0.15, 0.2) is 12.4 Å². The lowest BCUT2D eigenvalue weighted by Crippen LogP contribution is -2.65. The summed E-state index contributed by atoms with van der Waals surface area (Å²) in [6.45, 7) is 3.20. The Morgan fingerprint density at radius 1 is 1.14 bits per heavy atom. The summed E-state index contributed by atoms with van der Waals surface area (Å²) >= 11 is 0. The molecule has 1 saturated heterocycles. The first-order valence-corrected chi connectivity index (χ1v) is 6.31. The van der Waals surface area contributed by atoms with E-state index in [1.165, 1.54) is 13.8 Å². The van der Waals surface area contributed by atoms with Gasteiger partial charge >= 0.3 is 11.9 Å². The van der Waals surface area contributed by atoms with Crippen LogP contribution in [0, 0.1) is 0 Å². The van der Waals surface area contributed by atoms with Crippen LogP contribution in [0.5, 0.6) is 0 Å². The number of nitrogens with one attached hydrogen (secondary N) is 1. The normalized spacial score (nSPS) is 32.1. The maximum Gasteiger partial charge on any atom is 0.303 e. The maximum atomic E-state index is 11.1. The second-order valence-corrected chi connectivity index (χ2v) is 4.66. The van der Waals surface area contributed by atoms with E-state index in [2.05, 4.69) is 5.32 Å². The predicted octanol–water partition coefficient (Wildman–Crippen LogP) is -1.94. The molecule has 0 aromatic rings. The van der Waals surface area contributed by atoms with Gasteiger partial charge in [0, 0.05) is 20.8 Å². The van der Waals surface area contributed by atoms with Gasteiger partial charge in [-0.1, -0.05) is 0 Å². The van der Waals surface area contributed by atoms with Crippen LogP contribution < -0.4 is 5.32 Å². The molecule has 0 radical (unpaired) electrons. The summed E-state index contributed by atoms with van der Waals surface area (Å²) in [5.74, 6) is -1.77. The van der Waals surface area contributed by atoms with Gasteiger partial charge in [0.25, 0.3) is 0 Å². The van der Waals surface area contributed by atoms with Gasteiger partial charge in [-0.15, -0.1) is 0 Å². The topological polar surface area (TPSA) is 131 Å². The van der Waals surface area contributed by atoms with Crippen LogP contribution in [0.25, 0.3) is 0 Å². The number of aliphatic hydroxyl groups excluding tert-OH is 2. The number of esters is 2. The molecule has 0 aromatic carbocycles. The number of carbonyl (C=O) groups excluding carboxylic acids is 3. The lowest BCUT2D eigenvalue weighted by molar-refractivity contribution is -0.260. The number of hydrogen-bond acceptors (Lipinski definition) is 8. The molecule has 0 saturated carbocycles. The van der Waals surface area contributed by atoms with E-state index in [0.29, 0.717) is 0 Å². The lowest BCUT2D eigenvalue weighted by Gasteiger charge is -2.41. The van der Waals surface area contributed by atoms with Gasteiger partial charge in [-0.3, -0.25) is 14.4 Å². The Labute approximate surface area is 121 Å². The average molecular weight is 305 g/mol. The molecule has 1 amide bonds. The largest absolute Gasteiger partial charge is 0.463 e. The fraction of sp³-hybridized carbons (Fsp3) is 0.750. The fourth-order valence-electron chi connectivity index (χ4n) is 2.00. The summed E-state index contributed by atoms with van der Waals surface area (Å²) in [4.78, 5) is 33.0. The van der Waals surface area contributed by atoms with Gasteiger partial charge in [0.05, 0.1) is 0 Å². The van der Waals surface area contributed by atoms with Crippen LogP contribution in [0.3, 0.4) is 0 Å². The van der Waals surface area contributed by atoms with Gasteiger partial charge in [0.2, 0.25) is 5.91 Å². The highest BCUT2D eigenvalue weighted by Crippen LogP contribution is 2.23. The lowest BCUT2D eigenvalue weighted by atomic mass is 9.96. The van der Waals surface area contributed by atoms with E-state index in [9.17, 15) is 24.6 Å². The average Bonchev–Trinajstić information content (AvgIpc) is 2.35. The molecule has 9 heteroatoms. The number of amides is 1. The zero-order valence-electron chi connectivity index (χ0n) is 11.9. The van der Waals surface area contributed by atoms with Crippen molar-refractivity contribution in [2.75, 3.05) is 6.61 Å². The first-order chi connectivity index (χ1) is 9.72.